The molecule has 1 aliphatic rings. The molecule has 1 fully saturated rings. The highest BCUT2D eigenvalue weighted by Crippen LogP contribution is 2.70. The minimum absolute atomic E-state index is 0.0486. The van der Waals surface area contributed by atoms with Gasteiger partial charge in [-0.2, -0.15) is 35.1 Å². The second-order valence-corrected chi connectivity index (χ2v) is 6.20. The summed E-state index contributed by atoms with van der Waals surface area (Å²) < 4.78 is 128. The molecule has 2 rings (SSSR count). The molecule has 0 amide bonds. The summed E-state index contributed by atoms with van der Waals surface area (Å²) in [5.74, 6) is -26.4. The van der Waals surface area contributed by atoms with Crippen molar-refractivity contribution in [1.29, 1.82) is 0 Å². The van der Waals surface area contributed by atoms with E-state index < -0.39 is 47.4 Å². The molecular weight excluding hydrogens is 395 g/mol. The SMILES string of the molecule is CCCOc1ccccc1C(O)CC1(F)C(F)(F)C(F)(F)C(F)(F)C1(F)F. The van der Waals surface area contributed by atoms with Crippen molar-refractivity contribution >= 4 is 0 Å². The van der Waals surface area contributed by atoms with Crippen LogP contribution in [0.4, 0.5) is 39.5 Å². The van der Waals surface area contributed by atoms with Crippen molar-refractivity contribution in [3.05, 3.63) is 29.8 Å². The van der Waals surface area contributed by atoms with Gasteiger partial charge in [0, 0.05) is 12.0 Å². The minimum Gasteiger partial charge on any atom is -0.493 e. The van der Waals surface area contributed by atoms with E-state index >= 15 is 0 Å². The molecule has 0 radical (unpaired) electrons. The smallest absolute Gasteiger partial charge is 0.381 e. The molecule has 154 valence electrons. The van der Waals surface area contributed by atoms with Gasteiger partial charge in [-0.1, -0.05) is 25.1 Å². The van der Waals surface area contributed by atoms with Crippen LogP contribution in [0.25, 0.3) is 0 Å². The third-order valence-electron chi connectivity index (χ3n) is 4.39. The average molecular weight is 410 g/mol. The Morgan fingerprint density at radius 3 is 1.81 bits per heavy atom. The van der Waals surface area contributed by atoms with Crippen LogP contribution in [-0.2, 0) is 0 Å². The van der Waals surface area contributed by atoms with Gasteiger partial charge in [0.1, 0.15) is 5.75 Å². The van der Waals surface area contributed by atoms with E-state index in [-0.39, 0.29) is 12.4 Å². The van der Waals surface area contributed by atoms with Crippen LogP contribution in [0.2, 0.25) is 0 Å². The highest BCUT2D eigenvalue weighted by molar-refractivity contribution is 5.36. The zero-order valence-corrected chi connectivity index (χ0v) is 13.8. The number of hydrogen-bond donors (Lipinski definition) is 1. The molecule has 1 atom stereocenters. The first-order chi connectivity index (χ1) is 12.2. The summed E-state index contributed by atoms with van der Waals surface area (Å²) in [6.07, 6.45) is -4.49. The minimum atomic E-state index is -6.66. The van der Waals surface area contributed by atoms with Crippen LogP contribution in [0.1, 0.15) is 31.4 Å². The fourth-order valence-corrected chi connectivity index (χ4v) is 2.82. The van der Waals surface area contributed by atoms with Gasteiger partial charge in [0.25, 0.3) is 5.67 Å². The Kier molecular flexibility index (Phi) is 5.18. The summed E-state index contributed by atoms with van der Waals surface area (Å²) in [7, 11) is 0. The molecular formula is C16H15F9O2. The number of ether oxygens (including phenoxy) is 1. The highest BCUT2D eigenvalue weighted by atomic mass is 19.4. The molecule has 0 bridgehead atoms. The van der Waals surface area contributed by atoms with Gasteiger partial charge in [-0.3, -0.25) is 0 Å². The van der Waals surface area contributed by atoms with E-state index in [4.69, 9.17) is 4.74 Å². The maximum Gasteiger partial charge on any atom is 0.381 e. The predicted molar refractivity (Wildman–Crippen MR) is 75.4 cm³/mol. The summed E-state index contributed by atoms with van der Waals surface area (Å²) in [5.41, 5.74) is -6.18. The van der Waals surface area contributed by atoms with Gasteiger partial charge in [0.05, 0.1) is 12.7 Å². The molecule has 1 aromatic carbocycles. The maximum absolute atomic E-state index is 14.5. The normalized spacial score (nSPS) is 25.1. The van der Waals surface area contributed by atoms with E-state index in [2.05, 4.69) is 0 Å². The van der Waals surface area contributed by atoms with Crippen LogP contribution < -0.4 is 4.74 Å². The first-order valence-corrected chi connectivity index (χ1v) is 7.79. The fraction of sp³-hybridized carbons (Fsp3) is 0.625. The molecule has 1 aromatic rings. The maximum atomic E-state index is 14.5. The highest BCUT2D eigenvalue weighted by Gasteiger charge is 3.00. The number of halogens is 9. The number of benzene rings is 1. The molecule has 1 saturated carbocycles. The molecule has 0 aliphatic heterocycles. The van der Waals surface area contributed by atoms with Crippen LogP contribution in [0.5, 0.6) is 5.75 Å². The first-order valence-electron chi connectivity index (χ1n) is 7.79. The lowest BCUT2D eigenvalue weighted by molar-refractivity contribution is -0.303. The molecule has 0 aromatic heterocycles. The lowest BCUT2D eigenvalue weighted by Gasteiger charge is -2.32. The summed E-state index contributed by atoms with van der Waals surface area (Å²) in [6, 6.07) is 4.73. The Bertz CT molecular complexity index is 664. The summed E-state index contributed by atoms with van der Waals surface area (Å²) >= 11 is 0. The summed E-state index contributed by atoms with van der Waals surface area (Å²) in [5, 5.41) is 9.95. The van der Waals surface area contributed by atoms with Crippen molar-refractivity contribution in [2.75, 3.05) is 6.61 Å². The first kappa shape index (κ1) is 21.6. The number of aliphatic hydroxyl groups is 1. The van der Waals surface area contributed by atoms with Crippen molar-refractivity contribution < 1.29 is 49.4 Å². The molecule has 27 heavy (non-hydrogen) atoms. The fourth-order valence-electron chi connectivity index (χ4n) is 2.82. The molecule has 0 spiro atoms. The standard InChI is InChI=1S/C16H15F9O2/c1-2-7-27-11-6-4-3-5-9(11)10(26)8-12(17)13(18,19)15(22,23)16(24,25)14(12,20)21/h3-6,10,26H,2,7-8H2,1H3. The Balaban J connectivity index is 2.47. The second-order valence-electron chi connectivity index (χ2n) is 6.20. The van der Waals surface area contributed by atoms with Crippen LogP contribution >= 0.6 is 0 Å². The topological polar surface area (TPSA) is 29.5 Å². The predicted octanol–water partition coefficient (Wildman–Crippen LogP) is 5.16. The van der Waals surface area contributed by atoms with E-state index in [0.29, 0.717) is 6.42 Å². The Morgan fingerprint density at radius 2 is 1.33 bits per heavy atom. The monoisotopic (exact) mass is 410 g/mol. The number of rotatable bonds is 6. The second kappa shape index (κ2) is 6.46. The molecule has 2 nitrogen and oxygen atoms in total. The van der Waals surface area contributed by atoms with E-state index in [1.165, 1.54) is 18.2 Å². The van der Waals surface area contributed by atoms with E-state index in [1.807, 2.05) is 0 Å². The molecule has 11 heteroatoms. The number of aliphatic hydroxyl groups excluding tert-OH is 1. The Morgan fingerprint density at radius 1 is 0.852 bits per heavy atom. The zero-order chi connectivity index (χ0) is 20.9. The Labute approximate surface area is 147 Å². The quantitative estimate of drug-likeness (QED) is 0.657. The van der Waals surface area contributed by atoms with Crippen LogP contribution in [-0.4, -0.2) is 41.1 Å². The summed E-state index contributed by atoms with van der Waals surface area (Å²) in [4.78, 5) is 0. The third kappa shape index (κ3) is 2.68. The van der Waals surface area contributed by atoms with Crippen molar-refractivity contribution in [3.8, 4) is 5.75 Å². The lowest BCUT2D eigenvalue weighted by atomic mass is 9.87. The van der Waals surface area contributed by atoms with Gasteiger partial charge in [-0.05, 0) is 12.5 Å². The van der Waals surface area contributed by atoms with Gasteiger partial charge in [0.2, 0.25) is 0 Å². The van der Waals surface area contributed by atoms with E-state index in [0.717, 1.165) is 6.07 Å². The molecule has 1 unspecified atom stereocenters. The van der Waals surface area contributed by atoms with Crippen LogP contribution in [0, 0.1) is 0 Å². The van der Waals surface area contributed by atoms with E-state index in [9.17, 15) is 44.6 Å². The van der Waals surface area contributed by atoms with Gasteiger partial charge >= 0.3 is 23.7 Å². The molecule has 1 aliphatic carbocycles. The molecule has 0 heterocycles. The van der Waals surface area contributed by atoms with Crippen LogP contribution in [0.15, 0.2) is 24.3 Å². The number of para-hydroxylation sites is 1. The molecule has 0 saturated heterocycles. The molecule has 1 N–H and O–H groups in total. The van der Waals surface area contributed by atoms with Crippen LogP contribution in [0.3, 0.4) is 0 Å². The third-order valence-corrected chi connectivity index (χ3v) is 4.39. The van der Waals surface area contributed by atoms with Crippen molar-refractivity contribution in [2.24, 2.45) is 0 Å². The van der Waals surface area contributed by atoms with Gasteiger partial charge in [-0.25, -0.2) is 4.39 Å². The van der Waals surface area contributed by atoms with Crippen molar-refractivity contribution in [2.45, 2.75) is 55.2 Å². The van der Waals surface area contributed by atoms with Gasteiger partial charge < -0.3 is 9.84 Å². The lowest BCUT2D eigenvalue weighted by Crippen LogP contribution is -2.55. The summed E-state index contributed by atoms with van der Waals surface area (Å²) in [6.45, 7) is 1.73. The van der Waals surface area contributed by atoms with Crippen molar-refractivity contribution in [3.63, 3.8) is 0 Å². The van der Waals surface area contributed by atoms with Crippen molar-refractivity contribution in [1.82, 2.24) is 0 Å². The van der Waals surface area contributed by atoms with Gasteiger partial charge in [0.15, 0.2) is 0 Å². The van der Waals surface area contributed by atoms with Gasteiger partial charge in [-0.15, -0.1) is 0 Å². The average Bonchev–Trinajstić information content (AvgIpc) is 2.63. The Hall–Kier alpha value is -1.65. The number of hydrogen-bond acceptors (Lipinski definition) is 2. The largest absolute Gasteiger partial charge is 0.493 e. The number of alkyl halides is 9. The van der Waals surface area contributed by atoms with E-state index in [1.54, 1.807) is 6.92 Å². The zero-order valence-electron chi connectivity index (χ0n) is 13.8.